The van der Waals surface area contributed by atoms with Gasteiger partial charge in [-0.3, -0.25) is 0 Å². The van der Waals surface area contributed by atoms with E-state index in [2.05, 4.69) is 19.2 Å². The standard InChI is InChI=1S/C16H31NO2/c1-4-14-7-9-16(10-8-14,12-17-15-5-6-15)19-13(2)11-18-3/h13-15,17H,4-12H2,1-3H3. The number of hydrogen-bond acceptors (Lipinski definition) is 3. The Morgan fingerprint density at radius 2 is 1.89 bits per heavy atom. The Morgan fingerprint density at radius 1 is 1.21 bits per heavy atom. The van der Waals surface area contributed by atoms with E-state index in [4.69, 9.17) is 9.47 Å². The van der Waals surface area contributed by atoms with E-state index >= 15 is 0 Å². The van der Waals surface area contributed by atoms with Crippen LogP contribution in [0.5, 0.6) is 0 Å². The Bertz CT molecular complexity index is 257. The van der Waals surface area contributed by atoms with Crippen LogP contribution in [0, 0.1) is 5.92 Å². The van der Waals surface area contributed by atoms with Crippen LogP contribution in [-0.4, -0.2) is 38.0 Å². The molecule has 2 fully saturated rings. The Morgan fingerprint density at radius 3 is 2.42 bits per heavy atom. The number of nitrogens with one attached hydrogen (secondary N) is 1. The molecule has 112 valence electrons. The molecule has 0 radical (unpaired) electrons. The maximum atomic E-state index is 6.40. The summed E-state index contributed by atoms with van der Waals surface area (Å²) < 4.78 is 11.6. The van der Waals surface area contributed by atoms with Gasteiger partial charge in [-0.1, -0.05) is 13.3 Å². The van der Waals surface area contributed by atoms with Crippen molar-refractivity contribution in [1.29, 1.82) is 0 Å². The monoisotopic (exact) mass is 269 g/mol. The lowest BCUT2D eigenvalue weighted by Crippen LogP contribution is -2.48. The summed E-state index contributed by atoms with van der Waals surface area (Å²) in [6.07, 6.45) is 9.27. The molecule has 0 aromatic heterocycles. The third-order valence-corrected chi connectivity index (χ3v) is 4.74. The molecule has 0 amide bonds. The molecule has 3 nitrogen and oxygen atoms in total. The van der Waals surface area contributed by atoms with Crippen LogP contribution < -0.4 is 5.32 Å². The normalized spacial score (nSPS) is 33.3. The van der Waals surface area contributed by atoms with Crippen LogP contribution >= 0.6 is 0 Å². The molecule has 0 heterocycles. The second kappa shape index (κ2) is 7.05. The van der Waals surface area contributed by atoms with Crippen LogP contribution in [-0.2, 0) is 9.47 Å². The molecule has 2 saturated carbocycles. The SMILES string of the molecule is CCC1CCC(CNC2CC2)(OC(C)COC)CC1. The zero-order chi connectivity index (χ0) is 13.7. The molecule has 2 aliphatic rings. The Labute approximate surface area is 118 Å². The molecule has 0 aliphatic heterocycles. The first-order valence-corrected chi connectivity index (χ1v) is 8.07. The van der Waals surface area contributed by atoms with E-state index in [1.54, 1.807) is 7.11 Å². The van der Waals surface area contributed by atoms with Crippen LogP contribution in [0.1, 0.15) is 58.8 Å². The molecule has 0 bridgehead atoms. The minimum absolute atomic E-state index is 0.0617. The zero-order valence-electron chi connectivity index (χ0n) is 12.9. The predicted octanol–water partition coefficient (Wildman–Crippen LogP) is 3.13. The molecular formula is C16H31NO2. The molecule has 1 N–H and O–H groups in total. The van der Waals surface area contributed by atoms with Gasteiger partial charge in [0.25, 0.3) is 0 Å². The van der Waals surface area contributed by atoms with Crippen molar-refractivity contribution in [3.8, 4) is 0 Å². The summed E-state index contributed by atoms with van der Waals surface area (Å²) >= 11 is 0. The van der Waals surface area contributed by atoms with Gasteiger partial charge < -0.3 is 14.8 Å². The highest BCUT2D eigenvalue weighted by atomic mass is 16.5. The van der Waals surface area contributed by atoms with Crippen molar-refractivity contribution in [3.05, 3.63) is 0 Å². The van der Waals surface area contributed by atoms with E-state index in [0.29, 0.717) is 6.61 Å². The molecule has 3 heteroatoms. The summed E-state index contributed by atoms with van der Waals surface area (Å²) in [4.78, 5) is 0. The van der Waals surface area contributed by atoms with Gasteiger partial charge in [0.1, 0.15) is 0 Å². The van der Waals surface area contributed by atoms with Gasteiger partial charge in [-0.25, -0.2) is 0 Å². The second-order valence-electron chi connectivity index (χ2n) is 6.57. The fourth-order valence-corrected chi connectivity index (χ4v) is 3.26. The minimum atomic E-state index is 0.0617. The van der Waals surface area contributed by atoms with Crippen LogP contribution in [0.2, 0.25) is 0 Å². The molecular weight excluding hydrogens is 238 g/mol. The first kappa shape index (κ1) is 15.3. The lowest BCUT2D eigenvalue weighted by atomic mass is 9.77. The molecule has 2 rings (SSSR count). The minimum Gasteiger partial charge on any atom is -0.382 e. The van der Waals surface area contributed by atoms with E-state index in [1.165, 1.54) is 44.9 Å². The van der Waals surface area contributed by atoms with Crippen LogP contribution in [0.3, 0.4) is 0 Å². The van der Waals surface area contributed by atoms with Gasteiger partial charge in [-0.2, -0.15) is 0 Å². The molecule has 0 aromatic rings. The molecule has 2 aliphatic carbocycles. The molecule has 19 heavy (non-hydrogen) atoms. The van der Waals surface area contributed by atoms with E-state index < -0.39 is 0 Å². The van der Waals surface area contributed by atoms with Crippen molar-refractivity contribution < 1.29 is 9.47 Å². The quantitative estimate of drug-likeness (QED) is 0.734. The largest absolute Gasteiger partial charge is 0.382 e. The highest BCUT2D eigenvalue weighted by Gasteiger charge is 2.38. The number of hydrogen-bond donors (Lipinski definition) is 1. The van der Waals surface area contributed by atoms with Gasteiger partial charge in [-0.15, -0.1) is 0 Å². The first-order valence-electron chi connectivity index (χ1n) is 8.07. The summed E-state index contributed by atoms with van der Waals surface area (Å²) in [5, 5.41) is 3.68. The van der Waals surface area contributed by atoms with E-state index in [9.17, 15) is 0 Å². The van der Waals surface area contributed by atoms with Crippen molar-refractivity contribution in [1.82, 2.24) is 5.32 Å². The van der Waals surface area contributed by atoms with Crippen molar-refractivity contribution in [2.45, 2.75) is 76.5 Å². The summed E-state index contributed by atoms with van der Waals surface area (Å²) in [5.74, 6) is 0.912. The van der Waals surface area contributed by atoms with Gasteiger partial charge >= 0.3 is 0 Å². The Balaban J connectivity index is 1.87. The highest BCUT2D eigenvalue weighted by molar-refractivity contribution is 4.93. The lowest BCUT2D eigenvalue weighted by molar-refractivity contribution is -0.128. The molecule has 1 unspecified atom stereocenters. The fraction of sp³-hybridized carbons (Fsp3) is 1.00. The van der Waals surface area contributed by atoms with Gasteiger partial charge in [-0.05, 0) is 51.4 Å². The van der Waals surface area contributed by atoms with Crippen molar-refractivity contribution in [3.63, 3.8) is 0 Å². The topological polar surface area (TPSA) is 30.5 Å². The zero-order valence-corrected chi connectivity index (χ0v) is 12.9. The average Bonchev–Trinajstić information content (AvgIpc) is 3.22. The number of rotatable bonds is 8. The summed E-state index contributed by atoms with van der Waals surface area (Å²) in [6.45, 7) is 6.17. The smallest absolute Gasteiger partial charge is 0.0811 e. The third kappa shape index (κ3) is 4.73. The van der Waals surface area contributed by atoms with Gasteiger partial charge in [0, 0.05) is 19.7 Å². The van der Waals surface area contributed by atoms with Crippen molar-refractivity contribution in [2.24, 2.45) is 5.92 Å². The molecule has 1 atom stereocenters. The Hall–Kier alpha value is -0.120. The van der Waals surface area contributed by atoms with E-state index in [1.807, 2.05) is 0 Å². The first-order chi connectivity index (χ1) is 9.17. The number of methoxy groups -OCH3 is 1. The van der Waals surface area contributed by atoms with Gasteiger partial charge in [0.2, 0.25) is 0 Å². The summed E-state index contributed by atoms with van der Waals surface area (Å²) in [7, 11) is 1.75. The molecule has 0 aromatic carbocycles. The maximum Gasteiger partial charge on any atom is 0.0811 e. The van der Waals surface area contributed by atoms with Gasteiger partial charge in [0.15, 0.2) is 0 Å². The van der Waals surface area contributed by atoms with Crippen LogP contribution in [0.25, 0.3) is 0 Å². The molecule has 0 saturated heterocycles. The van der Waals surface area contributed by atoms with Crippen LogP contribution in [0.4, 0.5) is 0 Å². The van der Waals surface area contributed by atoms with Crippen molar-refractivity contribution >= 4 is 0 Å². The summed E-state index contributed by atoms with van der Waals surface area (Å²) in [5.41, 5.74) is 0.0617. The second-order valence-corrected chi connectivity index (χ2v) is 6.57. The van der Waals surface area contributed by atoms with E-state index in [-0.39, 0.29) is 11.7 Å². The Kier molecular flexibility index (Phi) is 5.67. The average molecular weight is 269 g/mol. The lowest BCUT2D eigenvalue weighted by Gasteiger charge is -2.42. The van der Waals surface area contributed by atoms with Crippen LogP contribution in [0.15, 0.2) is 0 Å². The third-order valence-electron chi connectivity index (χ3n) is 4.74. The van der Waals surface area contributed by atoms with Crippen molar-refractivity contribution in [2.75, 3.05) is 20.3 Å². The maximum absolute atomic E-state index is 6.40. The van der Waals surface area contributed by atoms with Gasteiger partial charge in [0.05, 0.1) is 18.3 Å². The number of ether oxygens (including phenoxy) is 2. The fourth-order valence-electron chi connectivity index (χ4n) is 3.26. The van der Waals surface area contributed by atoms with E-state index in [0.717, 1.165) is 18.5 Å². The molecule has 0 spiro atoms. The summed E-state index contributed by atoms with van der Waals surface area (Å²) in [6, 6.07) is 0.766. The predicted molar refractivity (Wildman–Crippen MR) is 78.4 cm³/mol. The highest BCUT2D eigenvalue weighted by Crippen LogP contribution is 2.37.